The molecule has 0 spiro atoms. The zero-order chi connectivity index (χ0) is 17.6. The summed E-state index contributed by atoms with van der Waals surface area (Å²) < 4.78 is 0. The molecule has 2 atom stereocenters. The molecule has 2 fully saturated rings. The van der Waals surface area contributed by atoms with Crippen LogP contribution in [0.4, 0.5) is 11.4 Å². The largest absolute Gasteiger partial charge is 0.373 e. The Bertz CT molecular complexity index is 685. The molecular weight excluding hydrogens is 314 g/mol. The van der Waals surface area contributed by atoms with Crippen molar-refractivity contribution in [2.75, 3.05) is 36.5 Å². The third-order valence-electron chi connectivity index (χ3n) is 5.68. The first-order valence-corrected chi connectivity index (χ1v) is 9.48. The molecule has 2 aliphatic heterocycles. The Morgan fingerprint density at radius 3 is 2.44 bits per heavy atom. The minimum atomic E-state index is -0.281. The number of para-hydroxylation sites is 2. The summed E-state index contributed by atoms with van der Waals surface area (Å²) in [6.07, 6.45) is 3.70. The Balaban J connectivity index is 1.64. The first-order valence-electron chi connectivity index (χ1n) is 9.48. The Kier molecular flexibility index (Phi) is 4.18. The van der Waals surface area contributed by atoms with Crippen molar-refractivity contribution in [1.82, 2.24) is 4.90 Å². The second kappa shape index (κ2) is 6.36. The third kappa shape index (κ3) is 3.00. The van der Waals surface area contributed by atoms with E-state index in [-0.39, 0.29) is 23.8 Å². The maximum absolute atomic E-state index is 13.4. The number of carbonyl (C=O) groups excluding carboxylic acids is 2. The Hall–Kier alpha value is -2.04. The molecular formula is C20H27N3O2. The van der Waals surface area contributed by atoms with Gasteiger partial charge in [-0.05, 0) is 43.7 Å². The highest BCUT2D eigenvalue weighted by Crippen LogP contribution is 2.36. The number of hydrogen-bond donors (Lipinski definition) is 0. The average Bonchev–Trinajstić information content (AvgIpc) is 3.36. The molecule has 0 unspecified atom stereocenters. The molecule has 1 aliphatic carbocycles. The number of amides is 2. The van der Waals surface area contributed by atoms with Crippen molar-refractivity contribution in [3.63, 3.8) is 0 Å². The second-order valence-corrected chi connectivity index (χ2v) is 7.89. The number of nitrogens with zero attached hydrogens (tertiary/aromatic N) is 3. The van der Waals surface area contributed by atoms with Gasteiger partial charge in [0.1, 0.15) is 6.04 Å². The molecule has 134 valence electrons. The van der Waals surface area contributed by atoms with Crippen LogP contribution < -0.4 is 9.80 Å². The highest BCUT2D eigenvalue weighted by atomic mass is 16.2. The minimum Gasteiger partial charge on any atom is -0.373 e. The quantitative estimate of drug-likeness (QED) is 0.830. The lowest BCUT2D eigenvalue weighted by molar-refractivity contribution is -0.138. The SMILES string of the molecule is C[C@H]1CN(C)c2ccccc2N(C(=O)[C@H]2CCCN2C(=O)C2CC2)C1. The van der Waals surface area contributed by atoms with Gasteiger partial charge in [-0.1, -0.05) is 19.1 Å². The first-order chi connectivity index (χ1) is 12.1. The zero-order valence-corrected chi connectivity index (χ0v) is 15.1. The predicted octanol–water partition coefficient (Wildman–Crippen LogP) is 2.51. The van der Waals surface area contributed by atoms with Crippen molar-refractivity contribution in [1.29, 1.82) is 0 Å². The zero-order valence-electron chi connectivity index (χ0n) is 15.1. The van der Waals surface area contributed by atoms with Crippen molar-refractivity contribution in [3.8, 4) is 0 Å². The van der Waals surface area contributed by atoms with Gasteiger partial charge in [-0.3, -0.25) is 9.59 Å². The maximum atomic E-state index is 13.4. The summed E-state index contributed by atoms with van der Waals surface area (Å²) >= 11 is 0. The fourth-order valence-electron chi connectivity index (χ4n) is 4.29. The van der Waals surface area contributed by atoms with Crippen LogP contribution in [-0.2, 0) is 9.59 Å². The van der Waals surface area contributed by atoms with Gasteiger partial charge in [-0.2, -0.15) is 0 Å². The van der Waals surface area contributed by atoms with E-state index < -0.39 is 0 Å². The van der Waals surface area contributed by atoms with Gasteiger partial charge in [-0.15, -0.1) is 0 Å². The van der Waals surface area contributed by atoms with Crippen molar-refractivity contribution in [2.24, 2.45) is 11.8 Å². The van der Waals surface area contributed by atoms with Crippen LogP contribution >= 0.6 is 0 Å². The van der Waals surface area contributed by atoms with Crippen LogP contribution in [0.2, 0.25) is 0 Å². The minimum absolute atomic E-state index is 0.0982. The van der Waals surface area contributed by atoms with Gasteiger partial charge >= 0.3 is 0 Å². The van der Waals surface area contributed by atoms with Crippen LogP contribution in [0.25, 0.3) is 0 Å². The highest BCUT2D eigenvalue weighted by molar-refractivity contribution is 6.02. The predicted molar refractivity (Wildman–Crippen MR) is 98.7 cm³/mol. The molecule has 0 bridgehead atoms. The molecule has 0 N–H and O–H groups in total. The van der Waals surface area contributed by atoms with Crippen LogP contribution in [0.3, 0.4) is 0 Å². The van der Waals surface area contributed by atoms with E-state index in [2.05, 4.69) is 24.9 Å². The number of anilines is 2. The van der Waals surface area contributed by atoms with Crippen molar-refractivity contribution >= 4 is 23.2 Å². The molecule has 0 aromatic heterocycles. The monoisotopic (exact) mass is 341 g/mol. The van der Waals surface area contributed by atoms with Crippen LogP contribution in [0, 0.1) is 11.8 Å². The fraction of sp³-hybridized carbons (Fsp3) is 0.600. The normalized spacial score (nSPS) is 26.4. The van der Waals surface area contributed by atoms with Gasteiger partial charge in [0.05, 0.1) is 11.4 Å². The topological polar surface area (TPSA) is 43.9 Å². The highest BCUT2D eigenvalue weighted by Gasteiger charge is 2.43. The van der Waals surface area contributed by atoms with Crippen LogP contribution in [-0.4, -0.2) is 49.4 Å². The van der Waals surface area contributed by atoms with Gasteiger partial charge in [0, 0.05) is 32.6 Å². The van der Waals surface area contributed by atoms with Gasteiger partial charge < -0.3 is 14.7 Å². The molecule has 25 heavy (non-hydrogen) atoms. The van der Waals surface area contributed by atoms with E-state index in [1.165, 1.54) is 0 Å². The number of likely N-dealkylation sites (tertiary alicyclic amines) is 1. The van der Waals surface area contributed by atoms with E-state index in [0.717, 1.165) is 50.1 Å². The van der Waals surface area contributed by atoms with Gasteiger partial charge in [-0.25, -0.2) is 0 Å². The van der Waals surface area contributed by atoms with Crippen LogP contribution in [0.1, 0.15) is 32.6 Å². The summed E-state index contributed by atoms with van der Waals surface area (Å²) in [5, 5.41) is 0. The van der Waals surface area contributed by atoms with E-state index in [4.69, 9.17) is 0 Å². The maximum Gasteiger partial charge on any atom is 0.249 e. The summed E-state index contributed by atoms with van der Waals surface area (Å²) in [4.78, 5) is 32.1. The molecule has 2 amide bonds. The Morgan fingerprint density at radius 1 is 1.00 bits per heavy atom. The summed E-state index contributed by atoms with van der Waals surface area (Å²) in [5.41, 5.74) is 2.07. The van der Waals surface area contributed by atoms with E-state index in [0.29, 0.717) is 12.5 Å². The number of carbonyl (C=O) groups is 2. The molecule has 3 aliphatic rings. The molecule has 1 aromatic rings. The van der Waals surface area contributed by atoms with Gasteiger partial charge in [0.25, 0.3) is 0 Å². The molecule has 5 heteroatoms. The summed E-state index contributed by atoms with van der Waals surface area (Å²) in [7, 11) is 2.09. The van der Waals surface area contributed by atoms with Crippen molar-refractivity contribution in [3.05, 3.63) is 24.3 Å². The number of fused-ring (bicyclic) bond motifs is 1. The second-order valence-electron chi connectivity index (χ2n) is 7.89. The number of hydrogen-bond acceptors (Lipinski definition) is 3. The number of benzene rings is 1. The van der Waals surface area contributed by atoms with Crippen molar-refractivity contribution in [2.45, 2.75) is 38.6 Å². The smallest absolute Gasteiger partial charge is 0.249 e. The molecule has 1 aromatic carbocycles. The standard InChI is InChI=1S/C20H27N3O2/c1-14-12-21(2)16-6-3-4-7-17(16)23(13-14)20(25)18-8-5-11-22(18)19(24)15-9-10-15/h3-4,6-7,14-15,18H,5,8-13H2,1-2H3/t14-,18+/m0/s1. The number of rotatable bonds is 2. The molecule has 2 heterocycles. The molecule has 4 rings (SSSR count). The van der Waals surface area contributed by atoms with E-state index in [1.54, 1.807) is 0 Å². The average molecular weight is 341 g/mol. The lowest BCUT2D eigenvalue weighted by Gasteiger charge is -2.31. The lowest BCUT2D eigenvalue weighted by Crippen LogP contribution is -2.49. The first kappa shape index (κ1) is 16.4. The molecule has 5 nitrogen and oxygen atoms in total. The van der Waals surface area contributed by atoms with E-state index >= 15 is 0 Å². The van der Waals surface area contributed by atoms with Crippen LogP contribution in [0.15, 0.2) is 24.3 Å². The van der Waals surface area contributed by atoms with E-state index in [1.807, 2.05) is 28.0 Å². The molecule has 0 radical (unpaired) electrons. The summed E-state index contributed by atoms with van der Waals surface area (Å²) in [6.45, 7) is 4.55. The van der Waals surface area contributed by atoms with Crippen LogP contribution in [0.5, 0.6) is 0 Å². The summed E-state index contributed by atoms with van der Waals surface area (Å²) in [5.74, 6) is 0.857. The lowest BCUT2D eigenvalue weighted by atomic mass is 10.1. The molecule has 1 saturated heterocycles. The Labute approximate surface area is 149 Å². The molecule has 1 saturated carbocycles. The van der Waals surface area contributed by atoms with Crippen molar-refractivity contribution < 1.29 is 9.59 Å². The van der Waals surface area contributed by atoms with Gasteiger partial charge in [0.15, 0.2) is 0 Å². The Morgan fingerprint density at radius 2 is 1.72 bits per heavy atom. The summed E-state index contributed by atoms with van der Waals surface area (Å²) in [6, 6.07) is 7.84. The van der Waals surface area contributed by atoms with Gasteiger partial charge in [0.2, 0.25) is 11.8 Å². The fourth-order valence-corrected chi connectivity index (χ4v) is 4.29. The van der Waals surface area contributed by atoms with E-state index in [9.17, 15) is 9.59 Å². The third-order valence-corrected chi connectivity index (χ3v) is 5.68.